The van der Waals surface area contributed by atoms with Crippen molar-refractivity contribution in [3.05, 3.63) is 48.5 Å². The summed E-state index contributed by atoms with van der Waals surface area (Å²) in [5.74, 6) is 0.255. The highest BCUT2D eigenvalue weighted by Crippen LogP contribution is 2.11. The standard InChI is InChI=1S/C10H8.C4H8O/c1-2-6-10-8-4-3-7-9(10)5-1;1-3-4(2)5/h1-8H;3H2,1-2H3. The smallest absolute Gasteiger partial charge is 0.129 e. The highest BCUT2D eigenvalue weighted by Gasteiger charge is 1.85. The Balaban J connectivity index is 0.000000195. The van der Waals surface area contributed by atoms with E-state index in [1.54, 1.807) is 6.92 Å². The zero-order valence-electron chi connectivity index (χ0n) is 9.23. The van der Waals surface area contributed by atoms with Crippen molar-refractivity contribution in [2.24, 2.45) is 0 Å². The van der Waals surface area contributed by atoms with Gasteiger partial charge in [-0.2, -0.15) is 0 Å². The van der Waals surface area contributed by atoms with Crippen LogP contribution in [0, 0.1) is 0 Å². The third-order valence-electron chi connectivity index (χ3n) is 2.16. The van der Waals surface area contributed by atoms with Gasteiger partial charge < -0.3 is 4.79 Å². The summed E-state index contributed by atoms with van der Waals surface area (Å²) in [6.45, 7) is 3.43. The largest absolute Gasteiger partial charge is 0.300 e. The first-order valence-corrected chi connectivity index (χ1v) is 5.17. The molecule has 0 atom stereocenters. The highest BCUT2D eigenvalue weighted by atomic mass is 16.1. The van der Waals surface area contributed by atoms with Gasteiger partial charge in [-0.1, -0.05) is 55.5 Å². The molecule has 1 heteroatoms. The molecule has 0 fully saturated rings. The summed E-state index contributed by atoms with van der Waals surface area (Å²) < 4.78 is 0. The summed E-state index contributed by atoms with van der Waals surface area (Å²) in [7, 11) is 0. The number of carbonyl (C=O) groups is 1. The Bertz CT molecular complexity index is 367. The Labute approximate surface area is 90.7 Å². The summed E-state index contributed by atoms with van der Waals surface area (Å²) >= 11 is 0. The van der Waals surface area contributed by atoms with Crippen LogP contribution in [0.15, 0.2) is 48.5 Å². The van der Waals surface area contributed by atoms with Gasteiger partial charge in [-0.15, -0.1) is 0 Å². The zero-order valence-corrected chi connectivity index (χ0v) is 9.23. The number of Topliss-reactive ketones (excluding diaryl/α,β-unsaturated/α-hetero) is 1. The van der Waals surface area contributed by atoms with Crippen LogP contribution < -0.4 is 0 Å². The summed E-state index contributed by atoms with van der Waals surface area (Å²) in [5.41, 5.74) is 0. The van der Waals surface area contributed by atoms with Crippen LogP contribution in [0.3, 0.4) is 0 Å². The molecule has 15 heavy (non-hydrogen) atoms. The summed E-state index contributed by atoms with van der Waals surface area (Å²) in [4.78, 5) is 9.81. The maximum atomic E-state index is 9.81. The van der Waals surface area contributed by atoms with E-state index in [0.717, 1.165) is 0 Å². The van der Waals surface area contributed by atoms with Crippen LogP contribution in [-0.2, 0) is 4.79 Å². The molecule has 0 aliphatic rings. The maximum absolute atomic E-state index is 9.81. The molecule has 1 nitrogen and oxygen atoms in total. The van der Waals surface area contributed by atoms with Crippen LogP contribution in [0.5, 0.6) is 0 Å². The second-order valence-corrected chi connectivity index (χ2v) is 3.40. The Hall–Kier alpha value is -1.63. The number of carbonyl (C=O) groups excluding carboxylic acids is 1. The van der Waals surface area contributed by atoms with Gasteiger partial charge in [-0.25, -0.2) is 0 Å². The quantitative estimate of drug-likeness (QED) is 0.683. The first-order valence-electron chi connectivity index (χ1n) is 5.17. The van der Waals surface area contributed by atoms with E-state index in [1.807, 2.05) is 6.92 Å². The normalized spacial score (nSPS) is 9.20. The highest BCUT2D eigenvalue weighted by molar-refractivity contribution is 5.82. The average Bonchev–Trinajstić information content (AvgIpc) is 2.30. The van der Waals surface area contributed by atoms with Crippen LogP contribution in [0.2, 0.25) is 0 Å². The van der Waals surface area contributed by atoms with Gasteiger partial charge >= 0.3 is 0 Å². The first kappa shape index (κ1) is 11.4. The Kier molecular flexibility index (Phi) is 4.55. The third-order valence-corrected chi connectivity index (χ3v) is 2.16. The zero-order chi connectivity index (χ0) is 11.1. The van der Waals surface area contributed by atoms with E-state index >= 15 is 0 Å². The first-order chi connectivity index (χ1) is 7.24. The molecule has 0 saturated heterocycles. The monoisotopic (exact) mass is 200 g/mol. The summed E-state index contributed by atoms with van der Waals surface area (Å²) in [6.07, 6.45) is 0.667. The number of fused-ring (bicyclic) bond motifs is 1. The second kappa shape index (κ2) is 5.97. The van der Waals surface area contributed by atoms with E-state index in [-0.39, 0.29) is 5.78 Å². The van der Waals surface area contributed by atoms with Crippen LogP contribution in [0.4, 0.5) is 0 Å². The second-order valence-electron chi connectivity index (χ2n) is 3.40. The topological polar surface area (TPSA) is 17.1 Å². The van der Waals surface area contributed by atoms with Crippen LogP contribution in [0.1, 0.15) is 20.3 Å². The van der Waals surface area contributed by atoms with E-state index in [4.69, 9.17) is 0 Å². The lowest BCUT2D eigenvalue weighted by molar-refractivity contribution is -0.116. The van der Waals surface area contributed by atoms with Crippen LogP contribution in [-0.4, -0.2) is 5.78 Å². The van der Waals surface area contributed by atoms with E-state index in [2.05, 4.69) is 48.5 Å². The minimum atomic E-state index is 0.255. The SMILES string of the molecule is CCC(C)=O.c1ccc2ccccc2c1. The van der Waals surface area contributed by atoms with Gasteiger partial charge in [0.05, 0.1) is 0 Å². The number of ketones is 1. The number of benzene rings is 2. The lowest BCUT2D eigenvalue weighted by Gasteiger charge is -1.92. The predicted molar refractivity (Wildman–Crippen MR) is 64.9 cm³/mol. The van der Waals surface area contributed by atoms with Crippen molar-refractivity contribution in [2.45, 2.75) is 20.3 Å². The molecule has 2 aromatic rings. The van der Waals surface area contributed by atoms with Gasteiger partial charge in [0.1, 0.15) is 5.78 Å². The van der Waals surface area contributed by atoms with Crippen molar-refractivity contribution < 1.29 is 4.79 Å². The fourth-order valence-corrected chi connectivity index (χ4v) is 1.13. The van der Waals surface area contributed by atoms with Gasteiger partial charge in [-0.3, -0.25) is 0 Å². The number of hydrogen-bond acceptors (Lipinski definition) is 1. The Morgan fingerprint density at radius 1 is 0.933 bits per heavy atom. The molecule has 2 aromatic carbocycles. The van der Waals surface area contributed by atoms with Crippen molar-refractivity contribution in [2.75, 3.05) is 0 Å². The summed E-state index contributed by atoms with van der Waals surface area (Å²) in [6, 6.07) is 16.7. The summed E-state index contributed by atoms with van der Waals surface area (Å²) in [5, 5.41) is 2.62. The third kappa shape index (κ3) is 3.94. The lowest BCUT2D eigenvalue weighted by atomic mass is 10.1. The van der Waals surface area contributed by atoms with Crippen molar-refractivity contribution in [1.82, 2.24) is 0 Å². The average molecular weight is 200 g/mol. The maximum Gasteiger partial charge on any atom is 0.129 e. The Morgan fingerprint density at radius 2 is 1.20 bits per heavy atom. The van der Waals surface area contributed by atoms with Gasteiger partial charge in [0.2, 0.25) is 0 Å². The minimum absolute atomic E-state index is 0.255. The number of rotatable bonds is 1. The molecular weight excluding hydrogens is 184 g/mol. The van der Waals surface area contributed by atoms with Crippen molar-refractivity contribution in [3.8, 4) is 0 Å². The molecule has 78 valence electrons. The van der Waals surface area contributed by atoms with Gasteiger partial charge in [0.15, 0.2) is 0 Å². The molecule has 0 amide bonds. The molecule has 0 aliphatic heterocycles. The Morgan fingerprint density at radius 3 is 1.40 bits per heavy atom. The van der Waals surface area contributed by atoms with Gasteiger partial charge in [-0.05, 0) is 17.7 Å². The molecular formula is C14H16O. The van der Waals surface area contributed by atoms with Gasteiger partial charge in [0.25, 0.3) is 0 Å². The van der Waals surface area contributed by atoms with E-state index < -0.39 is 0 Å². The van der Waals surface area contributed by atoms with Crippen LogP contribution in [0.25, 0.3) is 10.8 Å². The fourth-order valence-electron chi connectivity index (χ4n) is 1.13. The molecule has 0 spiro atoms. The molecule has 0 aromatic heterocycles. The van der Waals surface area contributed by atoms with Crippen molar-refractivity contribution >= 4 is 16.6 Å². The van der Waals surface area contributed by atoms with Crippen molar-refractivity contribution in [3.63, 3.8) is 0 Å². The van der Waals surface area contributed by atoms with Crippen molar-refractivity contribution in [1.29, 1.82) is 0 Å². The molecule has 0 saturated carbocycles. The minimum Gasteiger partial charge on any atom is -0.300 e. The molecule has 0 heterocycles. The predicted octanol–water partition coefficient (Wildman–Crippen LogP) is 3.83. The molecule has 0 aliphatic carbocycles. The van der Waals surface area contributed by atoms with Crippen LogP contribution >= 0.6 is 0 Å². The molecule has 0 radical (unpaired) electrons. The van der Waals surface area contributed by atoms with E-state index in [1.165, 1.54) is 10.8 Å². The molecule has 0 N–H and O–H groups in total. The molecule has 0 unspecified atom stereocenters. The molecule has 0 bridgehead atoms. The fraction of sp³-hybridized carbons (Fsp3) is 0.214. The number of hydrogen-bond donors (Lipinski definition) is 0. The lowest BCUT2D eigenvalue weighted by Crippen LogP contribution is -1.80. The molecule has 2 rings (SSSR count). The van der Waals surface area contributed by atoms with Gasteiger partial charge in [0, 0.05) is 6.42 Å². The van der Waals surface area contributed by atoms with E-state index in [0.29, 0.717) is 6.42 Å². The van der Waals surface area contributed by atoms with E-state index in [9.17, 15) is 4.79 Å².